The molecule has 0 saturated heterocycles. The summed E-state index contributed by atoms with van der Waals surface area (Å²) in [5.41, 5.74) is 3.63. The number of hydrogen-bond acceptors (Lipinski definition) is 3. The molecule has 2 rings (SSSR count). The smallest absolute Gasteiger partial charge is 0.265 e. The van der Waals surface area contributed by atoms with E-state index in [-0.39, 0.29) is 11.1 Å². The van der Waals surface area contributed by atoms with Crippen LogP contribution >= 0.6 is 23.2 Å². The Morgan fingerprint density at radius 3 is 2.57 bits per heavy atom. The molecule has 0 aliphatic heterocycles. The molecule has 0 aliphatic rings. The Bertz CT molecular complexity index is 696. The van der Waals surface area contributed by atoms with Crippen molar-refractivity contribution in [3.63, 3.8) is 0 Å². The van der Waals surface area contributed by atoms with Gasteiger partial charge in [-0.2, -0.15) is 5.10 Å². The van der Waals surface area contributed by atoms with Gasteiger partial charge in [-0.15, -0.1) is 11.6 Å². The van der Waals surface area contributed by atoms with Crippen molar-refractivity contribution < 1.29 is 4.92 Å². The van der Waals surface area contributed by atoms with E-state index in [2.05, 4.69) is 5.10 Å². The molecule has 112 valence electrons. The van der Waals surface area contributed by atoms with E-state index in [0.29, 0.717) is 11.6 Å². The van der Waals surface area contributed by atoms with Crippen molar-refractivity contribution >= 4 is 28.9 Å². The van der Waals surface area contributed by atoms with Gasteiger partial charge >= 0.3 is 0 Å². The lowest BCUT2D eigenvalue weighted by Gasteiger charge is -2.08. The van der Waals surface area contributed by atoms with Crippen molar-refractivity contribution in [2.45, 2.75) is 32.7 Å². The fraction of sp³-hybridized carbons (Fsp3) is 0.357. The maximum atomic E-state index is 10.7. The molecule has 2 aromatic rings. The summed E-state index contributed by atoms with van der Waals surface area (Å²) in [4.78, 5) is 10.2. The van der Waals surface area contributed by atoms with Crippen molar-refractivity contribution in [1.82, 2.24) is 9.78 Å². The normalized spacial score (nSPS) is 12.4. The highest BCUT2D eigenvalue weighted by atomic mass is 35.5. The first-order valence-corrected chi connectivity index (χ1v) is 7.23. The van der Waals surface area contributed by atoms with Crippen molar-refractivity contribution in [1.29, 1.82) is 0 Å². The second-order valence-electron chi connectivity index (χ2n) is 4.89. The van der Waals surface area contributed by atoms with Crippen LogP contribution in [0.25, 0.3) is 0 Å². The van der Waals surface area contributed by atoms with Crippen molar-refractivity contribution in [2.24, 2.45) is 0 Å². The Morgan fingerprint density at radius 1 is 1.43 bits per heavy atom. The van der Waals surface area contributed by atoms with Crippen molar-refractivity contribution in [3.8, 4) is 0 Å². The van der Waals surface area contributed by atoms with E-state index < -0.39 is 4.92 Å². The molecule has 0 spiro atoms. The molecule has 21 heavy (non-hydrogen) atoms. The minimum absolute atomic E-state index is 0.0211. The SMILES string of the molecule is Cc1nn(Cc2ccc([N+](=O)[O-])cc2Cl)c(C)c1C(C)Cl. The van der Waals surface area contributed by atoms with E-state index in [1.54, 1.807) is 6.07 Å². The second kappa shape index (κ2) is 6.03. The van der Waals surface area contributed by atoms with Crippen LogP contribution in [0.4, 0.5) is 5.69 Å². The van der Waals surface area contributed by atoms with Gasteiger partial charge in [0.25, 0.3) is 5.69 Å². The maximum absolute atomic E-state index is 10.7. The highest BCUT2D eigenvalue weighted by Gasteiger charge is 2.17. The number of halogens is 2. The van der Waals surface area contributed by atoms with Crippen molar-refractivity contribution in [3.05, 3.63) is 55.9 Å². The number of rotatable bonds is 4. The second-order valence-corrected chi connectivity index (χ2v) is 5.95. The van der Waals surface area contributed by atoms with Gasteiger partial charge in [0, 0.05) is 23.4 Å². The summed E-state index contributed by atoms with van der Waals surface area (Å²) in [5.74, 6) is 0. The molecule has 1 atom stereocenters. The lowest BCUT2D eigenvalue weighted by atomic mass is 10.1. The molecule has 0 fully saturated rings. The molecule has 7 heteroatoms. The topological polar surface area (TPSA) is 61.0 Å². The zero-order chi connectivity index (χ0) is 15.7. The van der Waals surface area contributed by atoms with Crippen LogP contribution in [0.5, 0.6) is 0 Å². The number of hydrogen-bond donors (Lipinski definition) is 0. The summed E-state index contributed by atoms with van der Waals surface area (Å²) in [5, 5.41) is 15.4. The van der Waals surface area contributed by atoms with E-state index in [1.165, 1.54) is 12.1 Å². The number of nitro groups is 1. The number of nitrogens with zero attached hydrogens (tertiary/aromatic N) is 3. The highest BCUT2D eigenvalue weighted by Crippen LogP contribution is 2.28. The predicted molar refractivity (Wildman–Crippen MR) is 83.2 cm³/mol. The Labute approximate surface area is 132 Å². The summed E-state index contributed by atoms with van der Waals surface area (Å²) in [7, 11) is 0. The minimum atomic E-state index is -0.466. The first-order valence-electron chi connectivity index (χ1n) is 6.42. The molecular weight excluding hydrogens is 313 g/mol. The van der Waals surface area contributed by atoms with Crippen LogP contribution in [0.1, 0.15) is 34.8 Å². The van der Waals surface area contributed by atoms with Gasteiger partial charge in [0.1, 0.15) is 0 Å². The van der Waals surface area contributed by atoms with Crippen molar-refractivity contribution in [2.75, 3.05) is 0 Å². The zero-order valence-electron chi connectivity index (χ0n) is 11.9. The molecule has 1 aromatic carbocycles. The van der Waals surface area contributed by atoms with E-state index in [1.807, 2.05) is 25.5 Å². The summed E-state index contributed by atoms with van der Waals surface area (Å²) in [6.07, 6.45) is 0. The standard InChI is InChI=1S/C14H15Cl2N3O2/c1-8(15)14-9(2)17-18(10(14)3)7-11-4-5-12(19(20)21)6-13(11)16/h4-6,8H,7H2,1-3H3. The molecule has 1 unspecified atom stereocenters. The third-order valence-corrected chi connectivity index (χ3v) is 3.97. The van der Waals surface area contributed by atoms with E-state index in [0.717, 1.165) is 22.5 Å². The quantitative estimate of drug-likeness (QED) is 0.474. The van der Waals surface area contributed by atoms with Crippen LogP contribution in [-0.2, 0) is 6.54 Å². The van der Waals surface area contributed by atoms with Crippen LogP contribution in [-0.4, -0.2) is 14.7 Å². The van der Waals surface area contributed by atoms with Gasteiger partial charge < -0.3 is 0 Å². The Morgan fingerprint density at radius 2 is 2.10 bits per heavy atom. The van der Waals surface area contributed by atoms with Crippen LogP contribution in [0.15, 0.2) is 18.2 Å². The Hall–Kier alpha value is -1.59. The summed E-state index contributed by atoms with van der Waals surface area (Å²) in [6.45, 7) is 6.22. The lowest BCUT2D eigenvalue weighted by Crippen LogP contribution is -2.05. The first kappa shape index (κ1) is 15.8. The zero-order valence-corrected chi connectivity index (χ0v) is 13.4. The van der Waals surface area contributed by atoms with Crippen LogP contribution in [0, 0.1) is 24.0 Å². The highest BCUT2D eigenvalue weighted by molar-refractivity contribution is 6.31. The molecule has 0 N–H and O–H groups in total. The largest absolute Gasteiger partial charge is 0.270 e. The van der Waals surface area contributed by atoms with E-state index in [9.17, 15) is 10.1 Å². The minimum Gasteiger partial charge on any atom is -0.265 e. The molecule has 1 aromatic heterocycles. The van der Waals surface area contributed by atoms with Gasteiger partial charge in [-0.25, -0.2) is 0 Å². The Balaban J connectivity index is 2.35. The van der Waals surface area contributed by atoms with Gasteiger partial charge in [0.05, 0.1) is 27.6 Å². The summed E-state index contributed by atoms with van der Waals surface area (Å²) in [6, 6.07) is 4.45. The number of aromatic nitrogens is 2. The van der Waals surface area contributed by atoms with Gasteiger partial charge in [-0.1, -0.05) is 11.6 Å². The molecule has 0 aliphatic carbocycles. The molecule has 0 saturated carbocycles. The van der Waals surface area contributed by atoms with Gasteiger partial charge in [0.2, 0.25) is 0 Å². The Kier molecular flexibility index (Phi) is 4.54. The molecule has 0 amide bonds. The summed E-state index contributed by atoms with van der Waals surface area (Å²) >= 11 is 12.3. The van der Waals surface area contributed by atoms with E-state index in [4.69, 9.17) is 23.2 Å². The van der Waals surface area contributed by atoms with E-state index >= 15 is 0 Å². The van der Waals surface area contributed by atoms with Gasteiger partial charge in [0.15, 0.2) is 0 Å². The fourth-order valence-electron chi connectivity index (χ4n) is 2.38. The monoisotopic (exact) mass is 327 g/mol. The number of benzene rings is 1. The van der Waals surface area contributed by atoms with Crippen LogP contribution < -0.4 is 0 Å². The number of aryl methyl sites for hydroxylation is 1. The summed E-state index contributed by atoms with van der Waals surface area (Å²) < 4.78 is 1.82. The third-order valence-electron chi connectivity index (χ3n) is 3.40. The predicted octanol–water partition coefficient (Wildman–Crippen LogP) is 4.41. The molecule has 1 heterocycles. The first-order chi connectivity index (χ1) is 9.81. The lowest BCUT2D eigenvalue weighted by molar-refractivity contribution is -0.384. The number of non-ortho nitro benzene ring substituents is 1. The van der Waals surface area contributed by atoms with Crippen LogP contribution in [0.3, 0.4) is 0 Å². The third kappa shape index (κ3) is 3.19. The number of alkyl halides is 1. The van der Waals surface area contributed by atoms with Crippen LogP contribution in [0.2, 0.25) is 5.02 Å². The fourth-order valence-corrected chi connectivity index (χ4v) is 2.93. The molecule has 0 radical (unpaired) electrons. The molecule has 0 bridgehead atoms. The number of nitro benzene ring substituents is 1. The van der Waals surface area contributed by atoms with Gasteiger partial charge in [-0.05, 0) is 32.4 Å². The maximum Gasteiger partial charge on any atom is 0.270 e. The molecule has 5 nitrogen and oxygen atoms in total. The molecular formula is C14H15Cl2N3O2. The van der Waals surface area contributed by atoms with Gasteiger partial charge in [-0.3, -0.25) is 14.8 Å². The average molecular weight is 328 g/mol. The average Bonchev–Trinajstić information content (AvgIpc) is 2.66.